The number of nitrogens with zero attached hydrogens (tertiary/aromatic N) is 2. The highest BCUT2D eigenvalue weighted by atomic mass is 35.5. The Bertz CT molecular complexity index is 1000. The Hall–Kier alpha value is -2.29. The summed E-state index contributed by atoms with van der Waals surface area (Å²) in [7, 11) is -2.39. The van der Waals surface area contributed by atoms with E-state index in [1.807, 2.05) is 13.8 Å². The maximum absolute atomic E-state index is 13.4. The highest BCUT2D eigenvalue weighted by molar-refractivity contribution is 7.92. The van der Waals surface area contributed by atoms with Gasteiger partial charge in [-0.2, -0.15) is 0 Å². The quantitative estimate of drug-likeness (QED) is 0.623. The first kappa shape index (κ1) is 23.4. The predicted octanol–water partition coefficient (Wildman–Crippen LogP) is 3.57. The van der Waals surface area contributed by atoms with Gasteiger partial charge in [0.05, 0.1) is 29.9 Å². The zero-order chi connectivity index (χ0) is 22.6. The van der Waals surface area contributed by atoms with Crippen LogP contribution in [0.1, 0.15) is 20.3 Å². The molecule has 0 N–H and O–H groups in total. The third kappa shape index (κ3) is 5.70. The lowest BCUT2D eigenvalue weighted by Crippen LogP contribution is -2.49. The molecule has 2 unspecified atom stereocenters. The molecule has 2 aromatic rings. The van der Waals surface area contributed by atoms with Gasteiger partial charge >= 0.3 is 0 Å². The summed E-state index contributed by atoms with van der Waals surface area (Å²) in [5, 5.41) is 0.322. The molecular formula is C22H27ClN2O5S. The standard InChI is InChI=1S/C22H27ClN2O5S/c1-16-14-24(15-17(2)30-16)22(26)11-12-25(19-7-9-20(29-3)10-8-19)31(27,28)21-6-4-5-18(23)13-21/h4-10,13,16-17H,11-12,14-15H2,1-3H3. The molecule has 7 nitrogen and oxygen atoms in total. The van der Waals surface area contributed by atoms with Crippen LogP contribution in [0.25, 0.3) is 0 Å². The first-order chi connectivity index (χ1) is 14.7. The van der Waals surface area contributed by atoms with Crippen molar-refractivity contribution < 1.29 is 22.7 Å². The fourth-order valence-electron chi connectivity index (χ4n) is 3.63. The van der Waals surface area contributed by atoms with E-state index in [0.29, 0.717) is 29.5 Å². The molecule has 31 heavy (non-hydrogen) atoms. The number of morpholine rings is 1. The molecule has 0 spiro atoms. The van der Waals surface area contributed by atoms with Crippen molar-refractivity contribution >= 4 is 33.2 Å². The Morgan fingerprint density at radius 1 is 1.16 bits per heavy atom. The number of carbonyl (C=O) groups is 1. The van der Waals surface area contributed by atoms with Gasteiger partial charge in [-0.05, 0) is 56.3 Å². The predicted molar refractivity (Wildman–Crippen MR) is 120 cm³/mol. The average Bonchev–Trinajstić information content (AvgIpc) is 2.73. The monoisotopic (exact) mass is 466 g/mol. The highest BCUT2D eigenvalue weighted by Gasteiger charge is 2.29. The summed E-state index contributed by atoms with van der Waals surface area (Å²) >= 11 is 6.03. The van der Waals surface area contributed by atoms with Gasteiger partial charge in [-0.15, -0.1) is 0 Å². The normalized spacial score (nSPS) is 19.2. The fourth-order valence-corrected chi connectivity index (χ4v) is 5.39. The summed E-state index contributed by atoms with van der Waals surface area (Å²) in [4.78, 5) is 14.7. The second-order valence-electron chi connectivity index (χ2n) is 7.54. The lowest BCUT2D eigenvalue weighted by Gasteiger charge is -2.35. The number of hydrogen-bond acceptors (Lipinski definition) is 5. The number of ether oxygens (including phenoxy) is 2. The molecule has 2 atom stereocenters. The van der Waals surface area contributed by atoms with Gasteiger partial charge in [-0.3, -0.25) is 9.10 Å². The Balaban J connectivity index is 1.86. The minimum Gasteiger partial charge on any atom is -0.497 e. The number of halogens is 1. The lowest BCUT2D eigenvalue weighted by molar-refractivity contribution is -0.142. The van der Waals surface area contributed by atoms with Crippen molar-refractivity contribution in [2.75, 3.05) is 31.0 Å². The van der Waals surface area contributed by atoms with Crippen LogP contribution in [0.2, 0.25) is 5.02 Å². The van der Waals surface area contributed by atoms with Crippen molar-refractivity contribution in [2.45, 2.75) is 37.4 Å². The smallest absolute Gasteiger partial charge is 0.264 e. The van der Waals surface area contributed by atoms with Crippen LogP contribution in [0.5, 0.6) is 5.75 Å². The number of hydrogen-bond donors (Lipinski definition) is 0. The van der Waals surface area contributed by atoms with Gasteiger partial charge in [0, 0.05) is 31.1 Å². The van der Waals surface area contributed by atoms with E-state index in [0.717, 1.165) is 0 Å². The number of rotatable bonds is 7. The largest absolute Gasteiger partial charge is 0.497 e. The Morgan fingerprint density at radius 2 is 1.81 bits per heavy atom. The van der Waals surface area contributed by atoms with Crippen LogP contribution < -0.4 is 9.04 Å². The molecule has 0 bridgehead atoms. The molecule has 0 aliphatic carbocycles. The molecule has 3 rings (SSSR count). The number of amides is 1. The van der Waals surface area contributed by atoms with Crippen molar-refractivity contribution in [3.8, 4) is 5.75 Å². The first-order valence-corrected chi connectivity index (χ1v) is 11.9. The van der Waals surface area contributed by atoms with Crippen molar-refractivity contribution in [3.05, 3.63) is 53.6 Å². The van der Waals surface area contributed by atoms with Gasteiger partial charge in [-0.1, -0.05) is 17.7 Å². The summed E-state index contributed by atoms with van der Waals surface area (Å²) in [6.45, 7) is 4.83. The summed E-state index contributed by atoms with van der Waals surface area (Å²) in [5.41, 5.74) is 0.442. The number of sulfonamides is 1. The molecule has 1 aliphatic rings. The van der Waals surface area contributed by atoms with E-state index >= 15 is 0 Å². The first-order valence-electron chi connectivity index (χ1n) is 10.1. The van der Waals surface area contributed by atoms with Crippen molar-refractivity contribution in [2.24, 2.45) is 0 Å². The van der Waals surface area contributed by atoms with Crippen molar-refractivity contribution in [1.29, 1.82) is 0 Å². The third-order valence-electron chi connectivity index (χ3n) is 5.05. The van der Waals surface area contributed by atoms with Crippen LogP contribution in [0.15, 0.2) is 53.4 Å². The number of methoxy groups -OCH3 is 1. The highest BCUT2D eigenvalue weighted by Crippen LogP contribution is 2.27. The minimum absolute atomic E-state index is 0.000127. The zero-order valence-electron chi connectivity index (χ0n) is 17.8. The van der Waals surface area contributed by atoms with Gasteiger partial charge in [0.1, 0.15) is 5.75 Å². The van der Waals surface area contributed by atoms with Crippen molar-refractivity contribution in [3.63, 3.8) is 0 Å². The summed E-state index contributed by atoms with van der Waals surface area (Å²) in [5.74, 6) is 0.498. The number of benzene rings is 2. The molecule has 168 valence electrons. The topological polar surface area (TPSA) is 76.2 Å². The number of carbonyl (C=O) groups excluding carboxylic acids is 1. The van der Waals surface area contributed by atoms with E-state index in [2.05, 4.69) is 0 Å². The van der Waals surface area contributed by atoms with Gasteiger partial charge < -0.3 is 14.4 Å². The van der Waals surface area contributed by atoms with Crippen LogP contribution >= 0.6 is 11.6 Å². The molecule has 0 saturated carbocycles. The molecule has 1 heterocycles. The zero-order valence-corrected chi connectivity index (χ0v) is 19.4. The molecule has 1 aliphatic heterocycles. The van der Waals surface area contributed by atoms with E-state index in [1.165, 1.54) is 16.4 Å². The van der Waals surface area contributed by atoms with Crippen LogP contribution in [-0.2, 0) is 19.6 Å². The summed E-state index contributed by atoms with van der Waals surface area (Å²) < 4.78 is 38.9. The molecule has 9 heteroatoms. The molecule has 1 fully saturated rings. The van der Waals surface area contributed by atoms with E-state index in [1.54, 1.807) is 48.4 Å². The number of anilines is 1. The van der Waals surface area contributed by atoms with Crippen LogP contribution in [-0.4, -0.2) is 58.2 Å². The van der Waals surface area contributed by atoms with E-state index in [9.17, 15) is 13.2 Å². The SMILES string of the molecule is COc1ccc(N(CCC(=O)N2CC(C)OC(C)C2)S(=O)(=O)c2cccc(Cl)c2)cc1. The molecule has 2 aromatic carbocycles. The van der Waals surface area contributed by atoms with Crippen LogP contribution in [0.4, 0.5) is 5.69 Å². The second kappa shape index (κ2) is 9.89. The maximum atomic E-state index is 13.4. The van der Waals surface area contributed by atoms with E-state index in [4.69, 9.17) is 21.1 Å². The summed E-state index contributed by atoms with van der Waals surface area (Å²) in [6, 6.07) is 12.8. The Morgan fingerprint density at radius 3 is 2.39 bits per heavy atom. The molecule has 1 saturated heterocycles. The minimum atomic E-state index is -3.93. The molecular weight excluding hydrogens is 440 g/mol. The van der Waals surface area contributed by atoms with Gasteiger partial charge in [0.25, 0.3) is 10.0 Å². The molecule has 1 amide bonds. The van der Waals surface area contributed by atoms with E-state index < -0.39 is 10.0 Å². The average molecular weight is 467 g/mol. The Labute approximate surface area is 188 Å². The summed E-state index contributed by atoms with van der Waals surface area (Å²) in [6.07, 6.45) is -0.0631. The van der Waals surface area contributed by atoms with Crippen molar-refractivity contribution in [1.82, 2.24) is 4.90 Å². The van der Waals surface area contributed by atoms with E-state index in [-0.39, 0.29) is 36.0 Å². The molecule has 0 aromatic heterocycles. The Kier molecular flexibility index (Phi) is 7.46. The molecule has 0 radical (unpaired) electrons. The third-order valence-corrected chi connectivity index (χ3v) is 7.10. The van der Waals surface area contributed by atoms with Gasteiger partial charge in [0.15, 0.2) is 0 Å². The van der Waals surface area contributed by atoms with Crippen LogP contribution in [0, 0.1) is 0 Å². The van der Waals surface area contributed by atoms with Crippen LogP contribution in [0.3, 0.4) is 0 Å². The van der Waals surface area contributed by atoms with Gasteiger partial charge in [0.2, 0.25) is 5.91 Å². The fraction of sp³-hybridized carbons (Fsp3) is 0.409. The van der Waals surface area contributed by atoms with Gasteiger partial charge in [-0.25, -0.2) is 8.42 Å². The second-order valence-corrected chi connectivity index (χ2v) is 9.84. The maximum Gasteiger partial charge on any atom is 0.264 e. The lowest BCUT2D eigenvalue weighted by atomic mass is 10.2.